The quantitative estimate of drug-likeness (QED) is 0.684. The van der Waals surface area contributed by atoms with E-state index in [0.717, 1.165) is 5.69 Å². The average Bonchev–Trinajstić information content (AvgIpc) is 2.03. The molecular formula is C8H9Cl2NO2. The maximum atomic E-state index is 11.0. The number of aryl methyl sites for hydroxylation is 1. The molecule has 0 amide bonds. The summed E-state index contributed by atoms with van der Waals surface area (Å²) in [7, 11) is 1.30. The van der Waals surface area contributed by atoms with E-state index in [-0.39, 0.29) is 12.4 Å². The van der Waals surface area contributed by atoms with Crippen LogP contribution in [0.5, 0.6) is 0 Å². The number of halogens is 2. The van der Waals surface area contributed by atoms with Gasteiger partial charge in [-0.15, -0.1) is 12.4 Å². The van der Waals surface area contributed by atoms with Crippen LogP contribution in [0, 0.1) is 6.92 Å². The summed E-state index contributed by atoms with van der Waals surface area (Å²) in [6.45, 7) is 1.80. The largest absolute Gasteiger partial charge is 0.465 e. The topological polar surface area (TPSA) is 39.2 Å². The monoisotopic (exact) mass is 221 g/mol. The van der Waals surface area contributed by atoms with Gasteiger partial charge in [0.25, 0.3) is 0 Å². The summed E-state index contributed by atoms with van der Waals surface area (Å²) in [6.07, 6.45) is 1.41. The van der Waals surface area contributed by atoms with Crippen LogP contribution in [0.2, 0.25) is 5.02 Å². The standard InChI is InChI=1S/C8H8ClNO2.ClH/c1-5-3-7(9)6(4-10-5)8(11)12-2;/h3-4H,1-2H3;1H. The van der Waals surface area contributed by atoms with Crippen molar-refractivity contribution >= 4 is 30.0 Å². The van der Waals surface area contributed by atoms with Gasteiger partial charge in [0.05, 0.1) is 17.7 Å². The Kier molecular flexibility index (Phi) is 4.73. The summed E-state index contributed by atoms with van der Waals surface area (Å²) in [4.78, 5) is 14.9. The van der Waals surface area contributed by atoms with Gasteiger partial charge in [-0.1, -0.05) is 11.6 Å². The Hall–Kier alpha value is -0.800. The first-order chi connectivity index (χ1) is 5.65. The number of carbonyl (C=O) groups is 1. The molecule has 0 spiro atoms. The van der Waals surface area contributed by atoms with Crippen molar-refractivity contribution in [2.75, 3.05) is 7.11 Å². The zero-order chi connectivity index (χ0) is 9.14. The smallest absolute Gasteiger partial charge is 0.340 e. The highest BCUT2D eigenvalue weighted by molar-refractivity contribution is 6.33. The number of pyridine rings is 1. The third kappa shape index (κ3) is 2.86. The summed E-state index contributed by atoms with van der Waals surface area (Å²) >= 11 is 5.76. The van der Waals surface area contributed by atoms with Crippen molar-refractivity contribution in [1.82, 2.24) is 4.98 Å². The second-order valence-electron chi connectivity index (χ2n) is 2.30. The van der Waals surface area contributed by atoms with E-state index in [9.17, 15) is 4.79 Å². The van der Waals surface area contributed by atoms with Gasteiger partial charge in [0, 0.05) is 11.9 Å². The van der Waals surface area contributed by atoms with E-state index >= 15 is 0 Å². The van der Waals surface area contributed by atoms with E-state index in [1.54, 1.807) is 13.0 Å². The third-order valence-corrected chi connectivity index (χ3v) is 1.71. The van der Waals surface area contributed by atoms with Gasteiger partial charge in [0.15, 0.2) is 0 Å². The number of nitrogens with zero attached hydrogens (tertiary/aromatic N) is 1. The van der Waals surface area contributed by atoms with Gasteiger partial charge < -0.3 is 4.74 Å². The number of hydrogen-bond acceptors (Lipinski definition) is 3. The Morgan fingerprint density at radius 3 is 2.69 bits per heavy atom. The van der Waals surface area contributed by atoms with Gasteiger partial charge in [-0.25, -0.2) is 4.79 Å². The third-order valence-electron chi connectivity index (χ3n) is 1.40. The molecule has 0 unspecified atom stereocenters. The van der Waals surface area contributed by atoms with Gasteiger partial charge in [0.1, 0.15) is 0 Å². The Labute approximate surface area is 87.5 Å². The van der Waals surface area contributed by atoms with E-state index in [0.29, 0.717) is 10.6 Å². The number of methoxy groups -OCH3 is 1. The Morgan fingerprint density at radius 2 is 2.23 bits per heavy atom. The van der Waals surface area contributed by atoms with E-state index in [1.165, 1.54) is 13.3 Å². The summed E-state index contributed by atoms with van der Waals surface area (Å²) in [5.74, 6) is -0.465. The molecule has 0 N–H and O–H groups in total. The van der Waals surface area contributed by atoms with Crippen LogP contribution in [0.15, 0.2) is 12.3 Å². The zero-order valence-electron chi connectivity index (χ0n) is 7.20. The Morgan fingerprint density at radius 1 is 1.62 bits per heavy atom. The fourth-order valence-electron chi connectivity index (χ4n) is 0.787. The molecule has 13 heavy (non-hydrogen) atoms. The van der Waals surface area contributed by atoms with Crippen molar-refractivity contribution in [3.8, 4) is 0 Å². The van der Waals surface area contributed by atoms with Crippen LogP contribution in [-0.4, -0.2) is 18.1 Å². The normalized spacial score (nSPS) is 8.85. The molecule has 1 aromatic rings. The summed E-state index contributed by atoms with van der Waals surface area (Å²) in [5, 5.41) is 0.370. The molecule has 1 heterocycles. The SMILES string of the molecule is COC(=O)c1cnc(C)cc1Cl.Cl. The fourth-order valence-corrected chi connectivity index (χ4v) is 1.07. The average molecular weight is 222 g/mol. The Bertz CT molecular complexity index is 315. The molecule has 0 aliphatic carbocycles. The lowest BCUT2D eigenvalue weighted by atomic mass is 10.2. The van der Waals surface area contributed by atoms with Crippen LogP contribution in [0.3, 0.4) is 0 Å². The second kappa shape index (κ2) is 5.04. The molecular weight excluding hydrogens is 213 g/mol. The predicted octanol–water partition coefficient (Wildman–Crippen LogP) is 2.25. The molecule has 1 aromatic heterocycles. The maximum absolute atomic E-state index is 11.0. The van der Waals surface area contributed by atoms with Crippen molar-refractivity contribution in [1.29, 1.82) is 0 Å². The Balaban J connectivity index is 0.00000144. The summed E-state index contributed by atoms with van der Waals surface area (Å²) in [6, 6.07) is 1.62. The molecule has 0 aliphatic rings. The van der Waals surface area contributed by atoms with Crippen molar-refractivity contribution in [3.05, 3.63) is 28.5 Å². The molecule has 5 heteroatoms. The second-order valence-corrected chi connectivity index (χ2v) is 2.70. The fraction of sp³-hybridized carbons (Fsp3) is 0.250. The molecule has 0 aromatic carbocycles. The number of aromatic nitrogens is 1. The lowest BCUT2D eigenvalue weighted by Crippen LogP contribution is -2.03. The minimum atomic E-state index is -0.465. The minimum Gasteiger partial charge on any atom is -0.465 e. The number of carbonyl (C=O) groups excluding carboxylic acids is 1. The van der Waals surface area contributed by atoms with Gasteiger partial charge in [-0.3, -0.25) is 4.98 Å². The summed E-state index contributed by atoms with van der Waals surface area (Å²) < 4.78 is 4.49. The van der Waals surface area contributed by atoms with Crippen molar-refractivity contribution < 1.29 is 9.53 Å². The van der Waals surface area contributed by atoms with Crippen molar-refractivity contribution in [2.24, 2.45) is 0 Å². The highest BCUT2D eigenvalue weighted by Crippen LogP contribution is 2.15. The van der Waals surface area contributed by atoms with E-state index in [1.807, 2.05) is 0 Å². The lowest BCUT2D eigenvalue weighted by Gasteiger charge is -2.01. The zero-order valence-corrected chi connectivity index (χ0v) is 8.78. The molecule has 72 valence electrons. The molecule has 3 nitrogen and oxygen atoms in total. The first kappa shape index (κ1) is 12.2. The first-order valence-corrected chi connectivity index (χ1v) is 3.73. The number of esters is 1. The van der Waals surface area contributed by atoms with Gasteiger partial charge >= 0.3 is 5.97 Å². The van der Waals surface area contributed by atoms with Crippen LogP contribution in [0.4, 0.5) is 0 Å². The van der Waals surface area contributed by atoms with Crippen molar-refractivity contribution in [3.63, 3.8) is 0 Å². The number of ether oxygens (including phenoxy) is 1. The molecule has 0 atom stereocenters. The molecule has 0 saturated carbocycles. The van der Waals surface area contributed by atoms with Gasteiger partial charge in [-0.2, -0.15) is 0 Å². The van der Waals surface area contributed by atoms with Gasteiger partial charge in [0.2, 0.25) is 0 Å². The number of rotatable bonds is 1. The highest BCUT2D eigenvalue weighted by Gasteiger charge is 2.10. The maximum Gasteiger partial charge on any atom is 0.340 e. The van der Waals surface area contributed by atoms with Crippen LogP contribution in [-0.2, 0) is 4.74 Å². The summed E-state index contributed by atoms with van der Waals surface area (Å²) in [5.41, 5.74) is 1.07. The lowest BCUT2D eigenvalue weighted by molar-refractivity contribution is 0.0600. The van der Waals surface area contributed by atoms with Crippen molar-refractivity contribution in [2.45, 2.75) is 6.92 Å². The molecule has 0 fully saturated rings. The van der Waals surface area contributed by atoms with Crippen LogP contribution in [0.1, 0.15) is 16.1 Å². The van der Waals surface area contributed by atoms with Crippen LogP contribution < -0.4 is 0 Å². The van der Waals surface area contributed by atoms with E-state index in [4.69, 9.17) is 11.6 Å². The minimum absolute atomic E-state index is 0. The number of hydrogen-bond donors (Lipinski definition) is 0. The first-order valence-electron chi connectivity index (χ1n) is 3.35. The molecule has 0 saturated heterocycles. The molecule has 0 radical (unpaired) electrons. The van der Waals surface area contributed by atoms with Gasteiger partial charge in [-0.05, 0) is 13.0 Å². The highest BCUT2D eigenvalue weighted by atomic mass is 35.5. The molecule has 0 aliphatic heterocycles. The predicted molar refractivity (Wildman–Crippen MR) is 52.6 cm³/mol. The molecule has 1 rings (SSSR count). The van der Waals surface area contributed by atoms with E-state index < -0.39 is 5.97 Å². The molecule has 0 bridgehead atoms. The van der Waals surface area contributed by atoms with Crippen LogP contribution >= 0.6 is 24.0 Å². The van der Waals surface area contributed by atoms with Crippen LogP contribution in [0.25, 0.3) is 0 Å². The van der Waals surface area contributed by atoms with E-state index in [2.05, 4.69) is 9.72 Å².